The van der Waals surface area contributed by atoms with Gasteiger partial charge in [-0.1, -0.05) is 24.3 Å². The minimum absolute atomic E-state index is 0.317. The Morgan fingerprint density at radius 1 is 0.895 bits per heavy atom. The molecule has 94 valence electrons. The average molecular weight is 252 g/mol. The van der Waals surface area contributed by atoms with Gasteiger partial charge in [0.2, 0.25) is 0 Å². The first-order valence-corrected chi connectivity index (χ1v) is 5.98. The van der Waals surface area contributed by atoms with Gasteiger partial charge in [-0.2, -0.15) is 5.01 Å². The number of imide groups is 1. The Labute approximate surface area is 110 Å². The number of hydrogen-bond acceptors (Lipinski definition) is 3. The van der Waals surface area contributed by atoms with Gasteiger partial charge in [-0.15, -0.1) is 0 Å². The van der Waals surface area contributed by atoms with E-state index < -0.39 is 0 Å². The molecule has 2 aromatic rings. The van der Waals surface area contributed by atoms with Gasteiger partial charge in [0.05, 0.1) is 16.8 Å². The van der Waals surface area contributed by atoms with Crippen molar-refractivity contribution in [3.05, 3.63) is 65.2 Å². The van der Waals surface area contributed by atoms with E-state index in [-0.39, 0.29) is 11.8 Å². The number of carbonyl (C=O) groups is 2. The molecular weight excluding hydrogens is 240 g/mol. The summed E-state index contributed by atoms with van der Waals surface area (Å²) in [5.41, 5.74) is 5.51. The van der Waals surface area contributed by atoms with Crippen LogP contribution in [0.2, 0.25) is 0 Å². The van der Waals surface area contributed by atoms with Crippen LogP contribution in [0.3, 0.4) is 0 Å². The molecule has 0 fully saturated rings. The fourth-order valence-electron chi connectivity index (χ4n) is 2.13. The predicted octanol–water partition coefficient (Wildman–Crippen LogP) is 2.62. The van der Waals surface area contributed by atoms with Crippen LogP contribution in [0.5, 0.6) is 0 Å². The highest BCUT2D eigenvalue weighted by atomic mass is 16.2. The van der Waals surface area contributed by atoms with Crippen LogP contribution in [-0.4, -0.2) is 16.8 Å². The normalized spacial score (nSPS) is 13.6. The molecule has 0 aromatic heterocycles. The van der Waals surface area contributed by atoms with Crippen LogP contribution in [-0.2, 0) is 0 Å². The Hall–Kier alpha value is -2.62. The quantitative estimate of drug-likeness (QED) is 0.836. The number of hydrazine groups is 1. The molecule has 19 heavy (non-hydrogen) atoms. The maximum Gasteiger partial charge on any atom is 0.280 e. The van der Waals surface area contributed by atoms with Crippen LogP contribution in [0, 0.1) is 6.92 Å². The van der Waals surface area contributed by atoms with E-state index >= 15 is 0 Å². The van der Waals surface area contributed by atoms with Crippen molar-refractivity contribution in [1.82, 2.24) is 5.01 Å². The first-order chi connectivity index (χ1) is 9.16. The molecule has 1 N–H and O–H groups in total. The molecule has 4 nitrogen and oxygen atoms in total. The summed E-state index contributed by atoms with van der Waals surface area (Å²) in [6.07, 6.45) is 0. The largest absolute Gasteiger partial charge is 0.288 e. The fourth-order valence-corrected chi connectivity index (χ4v) is 2.13. The lowest BCUT2D eigenvalue weighted by atomic mass is 10.1. The summed E-state index contributed by atoms with van der Waals surface area (Å²) in [5.74, 6) is -0.635. The first-order valence-electron chi connectivity index (χ1n) is 5.98. The Balaban J connectivity index is 1.92. The van der Waals surface area contributed by atoms with Gasteiger partial charge in [-0.05, 0) is 36.8 Å². The standard InChI is InChI=1S/C15H12N2O2/c1-10-5-4-6-11(9-10)16-17-14(18)12-7-2-3-8-13(12)15(17)19/h2-9,16H,1H3. The van der Waals surface area contributed by atoms with E-state index in [1.165, 1.54) is 0 Å². The Morgan fingerprint density at radius 2 is 1.53 bits per heavy atom. The fraction of sp³-hybridized carbons (Fsp3) is 0.0667. The van der Waals surface area contributed by atoms with E-state index in [0.29, 0.717) is 11.1 Å². The number of amides is 2. The van der Waals surface area contributed by atoms with Gasteiger partial charge in [-0.3, -0.25) is 15.0 Å². The second-order valence-electron chi connectivity index (χ2n) is 4.47. The van der Waals surface area contributed by atoms with Crippen LogP contribution in [0.1, 0.15) is 26.3 Å². The molecule has 0 saturated carbocycles. The van der Waals surface area contributed by atoms with Gasteiger partial charge in [-0.25, -0.2) is 0 Å². The molecule has 0 saturated heterocycles. The van der Waals surface area contributed by atoms with Crippen molar-refractivity contribution in [3.63, 3.8) is 0 Å². The number of nitrogens with one attached hydrogen (secondary N) is 1. The number of carbonyl (C=O) groups excluding carboxylic acids is 2. The molecule has 3 rings (SSSR count). The minimum Gasteiger partial charge on any atom is -0.288 e. The van der Waals surface area contributed by atoms with E-state index in [9.17, 15) is 9.59 Å². The summed E-state index contributed by atoms with van der Waals surface area (Å²) in [6.45, 7) is 1.95. The lowest BCUT2D eigenvalue weighted by Gasteiger charge is -2.16. The molecular formula is C15H12N2O2. The molecule has 0 spiro atoms. The van der Waals surface area contributed by atoms with Crippen molar-refractivity contribution in [3.8, 4) is 0 Å². The third kappa shape index (κ3) is 1.87. The Bertz CT molecular complexity index is 644. The van der Waals surface area contributed by atoms with E-state index in [1.54, 1.807) is 24.3 Å². The van der Waals surface area contributed by atoms with Gasteiger partial charge in [0.15, 0.2) is 0 Å². The summed E-state index contributed by atoms with van der Waals surface area (Å²) >= 11 is 0. The number of anilines is 1. The molecule has 1 heterocycles. The van der Waals surface area contributed by atoms with Crippen LogP contribution >= 0.6 is 0 Å². The molecule has 2 amide bonds. The molecule has 2 aromatic carbocycles. The average Bonchev–Trinajstić information content (AvgIpc) is 2.65. The van der Waals surface area contributed by atoms with E-state index in [4.69, 9.17) is 0 Å². The minimum atomic E-state index is -0.317. The van der Waals surface area contributed by atoms with Crippen LogP contribution in [0.4, 0.5) is 5.69 Å². The predicted molar refractivity (Wildman–Crippen MR) is 71.7 cm³/mol. The van der Waals surface area contributed by atoms with Crippen molar-refractivity contribution in [2.24, 2.45) is 0 Å². The molecule has 0 unspecified atom stereocenters. The zero-order chi connectivity index (χ0) is 13.4. The summed E-state index contributed by atoms with van der Waals surface area (Å²) in [6, 6.07) is 14.3. The number of fused-ring (bicyclic) bond motifs is 1. The second-order valence-corrected chi connectivity index (χ2v) is 4.47. The van der Waals surface area contributed by atoms with Gasteiger partial charge < -0.3 is 0 Å². The Kier molecular flexibility index (Phi) is 2.56. The van der Waals surface area contributed by atoms with Crippen molar-refractivity contribution >= 4 is 17.5 Å². The molecule has 0 bridgehead atoms. The van der Waals surface area contributed by atoms with Crippen molar-refractivity contribution < 1.29 is 9.59 Å². The molecule has 0 atom stereocenters. The third-order valence-corrected chi connectivity index (χ3v) is 3.05. The summed E-state index contributed by atoms with van der Waals surface area (Å²) in [5, 5.41) is 1.05. The zero-order valence-corrected chi connectivity index (χ0v) is 10.4. The third-order valence-electron chi connectivity index (χ3n) is 3.05. The lowest BCUT2D eigenvalue weighted by Crippen LogP contribution is -2.35. The van der Waals surface area contributed by atoms with Crippen LogP contribution < -0.4 is 5.43 Å². The second kappa shape index (κ2) is 4.24. The lowest BCUT2D eigenvalue weighted by molar-refractivity contribution is 0.0691. The van der Waals surface area contributed by atoms with Crippen molar-refractivity contribution in [2.45, 2.75) is 6.92 Å². The Morgan fingerprint density at radius 3 is 2.11 bits per heavy atom. The zero-order valence-electron chi connectivity index (χ0n) is 10.4. The highest BCUT2D eigenvalue weighted by molar-refractivity contribution is 6.21. The van der Waals surface area contributed by atoms with E-state index in [1.807, 2.05) is 31.2 Å². The SMILES string of the molecule is Cc1cccc(NN2C(=O)c3ccccc3C2=O)c1. The number of aryl methyl sites for hydroxylation is 1. The number of nitrogens with zero attached hydrogens (tertiary/aromatic N) is 1. The van der Waals surface area contributed by atoms with Crippen molar-refractivity contribution in [2.75, 3.05) is 5.43 Å². The van der Waals surface area contributed by atoms with Gasteiger partial charge in [0.1, 0.15) is 0 Å². The maximum atomic E-state index is 12.1. The molecule has 0 radical (unpaired) electrons. The highest BCUT2D eigenvalue weighted by Crippen LogP contribution is 2.23. The maximum absolute atomic E-state index is 12.1. The smallest absolute Gasteiger partial charge is 0.280 e. The van der Waals surface area contributed by atoms with Gasteiger partial charge in [0.25, 0.3) is 11.8 Å². The van der Waals surface area contributed by atoms with E-state index in [2.05, 4.69) is 5.43 Å². The molecule has 0 aliphatic carbocycles. The molecule has 1 aliphatic heterocycles. The highest BCUT2D eigenvalue weighted by Gasteiger charge is 2.35. The number of hydrogen-bond donors (Lipinski definition) is 1. The topological polar surface area (TPSA) is 49.4 Å². The van der Waals surface area contributed by atoms with Crippen molar-refractivity contribution in [1.29, 1.82) is 0 Å². The molecule has 1 aliphatic rings. The molecule has 4 heteroatoms. The van der Waals surface area contributed by atoms with Crippen LogP contribution in [0.15, 0.2) is 48.5 Å². The summed E-state index contributed by atoms with van der Waals surface area (Å²) in [4.78, 5) is 24.3. The summed E-state index contributed by atoms with van der Waals surface area (Å²) < 4.78 is 0. The van der Waals surface area contributed by atoms with E-state index in [0.717, 1.165) is 16.3 Å². The van der Waals surface area contributed by atoms with Gasteiger partial charge in [0, 0.05) is 0 Å². The van der Waals surface area contributed by atoms with Gasteiger partial charge >= 0.3 is 0 Å². The summed E-state index contributed by atoms with van der Waals surface area (Å²) in [7, 11) is 0. The number of benzene rings is 2. The van der Waals surface area contributed by atoms with Crippen LogP contribution in [0.25, 0.3) is 0 Å². The first kappa shape index (κ1) is 11.5. The number of rotatable bonds is 2. The monoisotopic (exact) mass is 252 g/mol.